The molecular weight excluding hydrogens is 333 g/mol. The second kappa shape index (κ2) is 6.56. The molecule has 6 heteroatoms. The van der Waals surface area contributed by atoms with Gasteiger partial charge in [0.05, 0.1) is 23.4 Å². The van der Waals surface area contributed by atoms with Crippen LogP contribution in [0.3, 0.4) is 0 Å². The fraction of sp³-hybridized carbons (Fsp3) is 0.133. The number of carbonyl (C=O) groups excluding carboxylic acids is 1. The summed E-state index contributed by atoms with van der Waals surface area (Å²) in [5.74, 6) is 0.0969. The molecule has 0 aliphatic heterocycles. The van der Waals surface area contributed by atoms with Crippen molar-refractivity contribution in [2.45, 2.75) is 6.92 Å². The number of methoxy groups -OCH3 is 1. The summed E-state index contributed by atoms with van der Waals surface area (Å²) < 4.78 is 5.21. The van der Waals surface area contributed by atoms with Crippen molar-refractivity contribution in [3.8, 4) is 5.75 Å². The molecule has 0 saturated carbocycles. The minimum absolute atomic E-state index is 0.291. The van der Waals surface area contributed by atoms with Crippen LogP contribution in [-0.4, -0.2) is 13.0 Å². The smallest absolute Gasteiger partial charge is 0.257 e. The Morgan fingerprint density at radius 1 is 1.10 bits per heavy atom. The van der Waals surface area contributed by atoms with Gasteiger partial charge in [0.15, 0.2) is 0 Å². The topological polar surface area (TPSA) is 38.3 Å². The molecule has 0 bridgehead atoms. The molecule has 21 heavy (non-hydrogen) atoms. The Kier molecular flexibility index (Phi) is 4.99. The molecule has 2 rings (SSSR count). The molecule has 0 aliphatic carbocycles. The van der Waals surface area contributed by atoms with Gasteiger partial charge >= 0.3 is 0 Å². The Balaban J connectivity index is 2.35. The maximum Gasteiger partial charge on any atom is 0.257 e. The van der Waals surface area contributed by atoms with Crippen molar-refractivity contribution in [2.24, 2.45) is 0 Å². The summed E-state index contributed by atoms with van der Waals surface area (Å²) in [5, 5.41) is 4.06. The van der Waals surface area contributed by atoms with Crippen LogP contribution in [0.25, 0.3) is 0 Å². The van der Waals surface area contributed by atoms with Gasteiger partial charge in [-0.1, -0.05) is 34.8 Å². The highest BCUT2D eigenvalue weighted by Gasteiger charge is 2.14. The minimum Gasteiger partial charge on any atom is -0.495 e. The Morgan fingerprint density at radius 3 is 2.48 bits per heavy atom. The number of rotatable bonds is 3. The van der Waals surface area contributed by atoms with E-state index in [1.54, 1.807) is 24.3 Å². The quantitative estimate of drug-likeness (QED) is 0.829. The second-order valence-electron chi connectivity index (χ2n) is 4.38. The molecule has 0 heterocycles. The molecule has 0 fully saturated rings. The third kappa shape index (κ3) is 3.62. The molecule has 0 aliphatic rings. The van der Waals surface area contributed by atoms with Crippen LogP contribution in [0.2, 0.25) is 15.1 Å². The van der Waals surface area contributed by atoms with Gasteiger partial charge < -0.3 is 10.1 Å². The molecule has 0 aromatic heterocycles. The predicted octanol–water partition coefficient (Wildman–Crippen LogP) is 5.22. The zero-order valence-electron chi connectivity index (χ0n) is 11.3. The maximum atomic E-state index is 12.3. The van der Waals surface area contributed by atoms with Gasteiger partial charge in [0.25, 0.3) is 5.91 Å². The van der Waals surface area contributed by atoms with E-state index in [4.69, 9.17) is 39.5 Å². The first-order valence-corrected chi connectivity index (χ1v) is 7.16. The number of benzene rings is 2. The number of carbonyl (C=O) groups is 1. The number of ether oxygens (including phenoxy) is 1. The zero-order valence-corrected chi connectivity index (χ0v) is 13.6. The monoisotopic (exact) mass is 343 g/mol. The molecule has 0 radical (unpaired) electrons. The lowest BCUT2D eigenvalue weighted by Crippen LogP contribution is -2.13. The fourth-order valence-corrected chi connectivity index (χ4v) is 2.32. The van der Waals surface area contributed by atoms with Crippen LogP contribution < -0.4 is 10.1 Å². The molecule has 0 atom stereocenters. The highest BCUT2D eigenvalue weighted by atomic mass is 35.5. The first kappa shape index (κ1) is 16.0. The maximum absolute atomic E-state index is 12.3. The molecule has 2 aromatic carbocycles. The van der Waals surface area contributed by atoms with Crippen LogP contribution in [0, 0.1) is 6.92 Å². The van der Waals surface area contributed by atoms with E-state index < -0.39 is 0 Å². The molecule has 0 spiro atoms. The van der Waals surface area contributed by atoms with Crippen LogP contribution in [0.15, 0.2) is 30.3 Å². The Morgan fingerprint density at radius 2 is 1.81 bits per heavy atom. The first-order chi connectivity index (χ1) is 9.92. The molecule has 0 unspecified atom stereocenters. The van der Waals surface area contributed by atoms with Gasteiger partial charge in [-0.15, -0.1) is 0 Å². The number of hydrogen-bond acceptors (Lipinski definition) is 2. The number of amides is 1. The fourth-order valence-electron chi connectivity index (χ4n) is 1.79. The largest absolute Gasteiger partial charge is 0.495 e. The number of anilines is 1. The summed E-state index contributed by atoms with van der Waals surface area (Å²) in [6.45, 7) is 1.84. The van der Waals surface area contributed by atoms with E-state index in [-0.39, 0.29) is 5.91 Å². The summed E-state index contributed by atoms with van der Waals surface area (Å²) in [4.78, 5) is 12.3. The van der Waals surface area contributed by atoms with E-state index in [1.807, 2.05) is 6.92 Å². The normalized spacial score (nSPS) is 10.3. The van der Waals surface area contributed by atoms with Crippen molar-refractivity contribution >= 4 is 46.4 Å². The number of halogens is 3. The highest BCUT2D eigenvalue weighted by Crippen LogP contribution is 2.32. The third-order valence-electron chi connectivity index (χ3n) is 2.90. The lowest BCUT2D eigenvalue weighted by molar-refractivity contribution is 0.102. The van der Waals surface area contributed by atoms with Crippen molar-refractivity contribution in [3.63, 3.8) is 0 Å². The first-order valence-electron chi connectivity index (χ1n) is 6.03. The van der Waals surface area contributed by atoms with Gasteiger partial charge in [0.2, 0.25) is 0 Å². The van der Waals surface area contributed by atoms with E-state index in [0.717, 1.165) is 5.56 Å². The van der Waals surface area contributed by atoms with E-state index in [0.29, 0.717) is 32.1 Å². The summed E-state index contributed by atoms with van der Waals surface area (Å²) in [6.07, 6.45) is 0. The highest BCUT2D eigenvalue weighted by molar-refractivity contribution is 6.36. The van der Waals surface area contributed by atoms with Crippen molar-refractivity contribution in [3.05, 3.63) is 56.5 Å². The van der Waals surface area contributed by atoms with Gasteiger partial charge in [-0.25, -0.2) is 0 Å². The summed E-state index contributed by atoms with van der Waals surface area (Å²) in [6, 6.07) is 8.08. The predicted molar refractivity (Wildman–Crippen MR) is 87.2 cm³/mol. The lowest BCUT2D eigenvalue weighted by Gasteiger charge is -2.13. The Hall–Kier alpha value is -1.42. The molecule has 1 amide bonds. The number of nitrogens with one attached hydrogen (secondary N) is 1. The van der Waals surface area contributed by atoms with Gasteiger partial charge in [0, 0.05) is 16.1 Å². The molecule has 2 aromatic rings. The van der Waals surface area contributed by atoms with Crippen molar-refractivity contribution < 1.29 is 9.53 Å². The SMILES string of the molecule is COc1cc(Cl)c(C)cc1NC(=O)c1cc(Cl)ccc1Cl. The molecule has 1 N–H and O–H groups in total. The van der Waals surface area contributed by atoms with Gasteiger partial charge in [0.1, 0.15) is 5.75 Å². The van der Waals surface area contributed by atoms with Crippen LogP contribution >= 0.6 is 34.8 Å². The molecular formula is C15H12Cl3NO2. The summed E-state index contributed by atoms with van der Waals surface area (Å²) in [5.41, 5.74) is 1.63. The van der Waals surface area contributed by atoms with Gasteiger partial charge in [-0.3, -0.25) is 4.79 Å². The lowest BCUT2D eigenvalue weighted by atomic mass is 10.1. The van der Waals surface area contributed by atoms with E-state index in [9.17, 15) is 4.79 Å². The van der Waals surface area contributed by atoms with Crippen molar-refractivity contribution in [1.82, 2.24) is 0 Å². The average Bonchev–Trinajstić information content (AvgIpc) is 2.45. The summed E-state index contributed by atoms with van der Waals surface area (Å²) >= 11 is 17.9. The van der Waals surface area contributed by atoms with Gasteiger partial charge in [-0.05, 0) is 36.8 Å². The Labute approximate surface area is 137 Å². The second-order valence-corrected chi connectivity index (χ2v) is 5.63. The standard InChI is InChI=1S/C15H12Cl3NO2/c1-8-5-13(14(21-2)7-12(8)18)19-15(20)10-6-9(16)3-4-11(10)17/h3-7H,1-2H3,(H,19,20). The van der Waals surface area contributed by atoms with Crippen molar-refractivity contribution in [1.29, 1.82) is 0 Å². The zero-order chi connectivity index (χ0) is 15.6. The average molecular weight is 345 g/mol. The molecule has 110 valence electrons. The molecule has 0 saturated heterocycles. The van der Waals surface area contributed by atoms with E-state index in [1.165, 1.54) is 13.2 Å². The Bertz CT molecular complexity index is 702. The number of aryl methyl sites for hydroxylation is 1. The minimum atomic E-state index is -0.373. The summed E-state index contributed by atoms with van der Waals surface area (Å²) in [7, 11) is 1.50. The van der Waals surface area contributed by atoms with E-state index >= 15 is 0 Å². The van der Waals surface area contributed by atoms with Crippen LogP contribution in [0.5, 0.6) is 5.75 Å². The van der Waals surface area contributed by atoms with Crippen LogP contribution in [0.4, 0.5) is 5.69 Å². The van der Waals surface area contributed by atoms with Crippen LogP contribution in [0.1, 0.15) is 15.9 Å². The molecule has 3 nitrogen and oxygen atoms in total. The third-order valence-corrected chi connectivity index (χ3v) is 3.87. The van der Waals surface area contributed by atoms with Crippen molar-refractivity contribution in [2.75, 3.05) is 12.4 Å². The van der Waals surface area contributed by atoms with E-state index in [2.05, 4.69) is 5.32 Å². The van der Waals surface area contributed by atoms with Crippen LogP contribution in [-0.2, 0) is 0 Å². The number of hydrogen-bond donors (Lipinski definition) is 1. The van der Waals surface area contributed by atoms with Gasteiger partial charge in [-0.2, -0.15) is 0 Å².